The van der Waals surface area contributed by atoms with Gasteiger partial charge in [-0.1, -0.05) is 103 Å². The van der Waals surface area contributed by atoms with E-state index in [0.29, 0.717) is 0 Å². The molecule has 0 aliphatic carbocycles. The molecule has 0 atom stereocenters. The molecule has 0 bridgehead atoms. The first-order valence-electron chi connectivity index (χ1n) is 9.96. The van der Waals surface area contributed by atoms with E-state index in [1.54, 1.807) is 0 Å². The first kappa shape index (κ1) is 23.7. The highest BCUT2D eigenvalue weighted by atomic mass is 14.5. The van der Waals surface area contributed by atoms with E-state index in [0.717, 1.165) is 18.5 Å². The molecule has 26 heavy (non-hydrogen) atoms. The Morgan fingerprint density at radius 2 is 1.08 bits per heavy atom. The molecule has 0 heterocycles. The van der Waals surface area contributed by atoms with Gasteiger partial charge in [0.2, 0.25) is 0 Å². The lowest BCUT2D eigenvalue weighted by Gasteiger charge is -1.99. The molecule has 0 radical (unpaired) electrons. The standard InChI is InChI=1S/C12H12.C8H11N.C3H8.C2H6/c1-2-10-7-8-11-5-3-4-6-12(11)9-10;1-2-7-3-5-8(9)6-4-7;1-3-2;1-2/h3-9H,2H2,1H3;3-6H,2,9H2,1H3;3H2,1-2H3;1-2H3. The van der Waals surface area contributed by atoms with Gasteiger partial charge in [-0.2, -0.15) is 0 Å². The van der Waals surface area contributed by atoms with Crippen LogP contribution in [0.2, 0.25) is 0 Å². The van der Waals surface area contributed by atoms with Crippen LogP contribution in [0.3, 0.4) is 0 Å². The van der Waals surface area contributed by atoms with Crippen molar-refractivity contribution >= 4 is 16.5 Å². The number of hydrogen-bond donors (Lipinski definition) is 1. The Labute approximate surface area is 161 Å². The summed E-state index contributed by atoms with van der Waals surface area (Å²) >= 11 is 0. The summed E-state index contributed by atoms with van der Waals surface area (Å²) in [6.45, 7) is 12.6. The van der Waals surface area contributed by atoms with E-state index in [9.17, 15) is 0 Å². The van der Waals surface area contributed by atoms with Gasteiger partial charge in [0.05, 0.1) is 0 Å². The highest BCUT2D eigenvalue weighted by Crippen LogP contribution is 2.15. The van der Waals surface area contributed by atoms with Crippen LogP contribution in [0.25, 0.3) is 10.8 Å². The SMILES string of the molecule is CC.CCC.CCc1ccc(N)cc1.CCc1ccc2ccccc2c1. The van der Waals surface area contributed by atoms with E-state index in [2.05, 4.69) is 82.3 Å². The van der Waals surface area contributed by atoms with E-state index in [1.165, 1.54) is 28.3 Å². The van der Waals surface area contributed by atoms with Crippen LogP contribution < -0.4 is 5.73 Å². The van der Waals surface area contributed by atoms with Crippen molar-refractivity contribution < 1.29 is 0 Å². The number of fused-ring (bicyclic) bond motifs is 1. The zero-order chi connectivity index (χ0) is 19.8. The summed E-state index contributed by atoms with van der Waals surface area (Å²) in [7, 11) is 0. The summed E-state index contributed by atoms with van der Waals surface area (Å²) < 4.78 is 0. The first-order valence-corrected chi connectivity index (χ1v) is 9.96. The molecule has 3 aromatic rings. The Morgan fingerprint density at radius 3 is 1.58 bits per heavy atom. The lowest BCUT2D eigenvalue weighted by Crippen LogP contribution is -1.84. The molecule has 0 saturated carbocycles. The van der Waals surface area contributed by atoms with Crippen LogP contribution in [-0.2, 0) is 12.8 Å². The van der Waals surface area contributed by atoms with Crippen LogP contribution in [0.4, 0.5) is 5.69 Å². The highest BCUT2D eigenvalue weighted by Gasteiger charge is 1.92. The molecule has 142 valence electrons. The number of aryl methyl sites for hydroxylation is 2. The summed E-state index contributed by atoms with van der Waals surface area (Å²) in [5.74, 6) is 0. The Bertz CT molecular complexity index is 699. The van der Waals surface area contributed by atoms with Crippen molar-refractivity contribution in [2.75, 3.05) is 5.73 Å². The second-order valence-corrected chi connectivity index (χ2v) is 5.84. The number of anilines is 1. The zero-order valence-electron chi connectivity index (χ0n) is 17.5. The van der Waals surface area contributed by atoms with Crippen LogP contribution in [0.1, 0.15) is 59.1 Å². The monoisotopic (exact) mass is 351 g/mol. The molecule has 0 aromatic heterocycles. The number of rotatable bonds is 2. The average Bonchev–Trinajstić information content (AvgIpc) is 2.71. The van der Waals surface area contributed by atoms with Gasteiger partial charge in [-0.05, 0) is 46.9 Å². The van der Waals surface area contributed by atoms with Gasteiger partial charge in [-0.3, -0.25) is 0 Å². The molecule has 2 N–H and O–H groups in total. The van der Waals surface area contributed by atoms with Crippen LogP contribution >= 0.6 is 0 Å². The number of benzene rings is 3. The second-order valence-electron chi connectivity index (χ2n) is 5.84. The van der Waals surface area contributed by atoms with Crippen LogP contribution in [0, 0.1) is 0 Å². The Hall–Kier alpha value is -2.28. The number of nitrogens with two attached hydrogens (primary N) is 1. The molecule has 3 aromatic carbocycles. The van der Waals surface area contributed by atoms with Gasteiger partial charge in [-0.25, -0.2) is 0 Å². The molecule has 1 heteroatoms. The summed E-state index contributed by atoms with van der Waals surface area (Å²) in [6.07, 6.45) is 3.45. The third kappa shape index (κ3) is 9.27. The van der Waals surface area contributed by atoms with E-state index in [4.69, 9.17) is 5.73 Å². The topological polar surface area (TPSA) is 26.0 Å². The number of hydrogen-bond acceptors (Lipinski definition) is 1. The molecule has 0 aliphatic rings. The van der Waals surface area contributed by atoms with Crippen molar-refractivity contribution in [3.8, 4) is 0 Å². The second kappa shape index (κ2) is 15.0. The van der Waals surface area contributed by atoms with Gasteiger partial charge < -0.3 is 5.73 Å². The highest BCUT2D eigenvalue weighted by molar-refractivity contribution is 5.82. The van der Waals surface area contributed by atoms with Gasteiger partial charge in [0.1, 0.15) is 0 Å². The van der Waals surface area contributed by atoms with E-state index >= 15 is 0 Å². The Kier molecular flexibility index (Phi) is 13.7. The lowest BCUT2D eigenvalue weighted by molar-refractivity contribution is 1.09. The summed E-state index contributed by atoms with van der Waals surface area (Å²) in [4.78, 5) is 0. The molecule has 0 saturated heterocycles. The molecule has 1 nitrogen and oxygen atoms in total. The van der Waals surface area contributed by atoms with Crippen molar-refractivity contribution in [3.05, 3.63) is 77.9 Å². The summed E-state index contributed by atoms with van der Waals surface area (Å²) in [6, 6.07) is 23.1. The maximum absolute atomic E-state index is 5.48. The third-order valence-corrected chi connectivity index (χ3v) is 3.61. The fourth-order valence-electron chi connectivity index (χ4n) is 2.21. The molecule has 0 spiro atoms. The molecular formula is C25H37N. The normalized spacial score (nSPS) is 9.00. The number of nitrogen functional groups attached to an aromatic ring is 1. The van der Waals surface area contributed by atoms with Gasteiger partial charge >= 0.3 is 0 Å². The summed E-state index contributed by atoms with van der Waals surface area (Å²) in [5, 5.41) is 2.67. The minimum absolute atomic E-state index is 0.840. The zero-order valence-corrected chi connectivity index (χ0v) is 17.5. The Morgan fingerprint density at radius 1 is 0.615 bits per heavy atom. The predicted octanol–water partition coefficient (Wildman–Crippen LogP) is 7.68. The van der Waals surface area contributed by atoms with E-state index in [1.807, 2.05) is 26.0 Å². The van der Waals surface area contributed by atoms with Gasteiger partial charge in [0.15, 0.2) is 0 Å². The van der Waals surface area contributed by atoms with E-state index < -0.39 is 0 Å². The predicted molar refractivity (Wildman–Crippen MR) is 121 cm³/mol. The van der Waals surface area contributed by atoms with Crippen molar-refractivity contribution in [2.24, 2.45) is 0 Å². The van der Waals surface area contributed by atoms with Crippen molar-refractivity contribution in [1.82, 2.24) is 0 Å². The minimum atomic E-state index is 0.840. The van der Waals surface area contributed by atoms with Gasteiger partial charge in [0, 0.05) is 5.69 Å². The largest absolute Gasteiger partial charge is 0.399 e. The van der Waals surface area contributed by atoms with Crippen LogP contribution in [0.5, 0.6) is 0 Å². The van der Waals surface area contributed by atoms with E-state index in [-0.39, 0.29) is 0 Å². The van der Waals surface area contributed by atoms with Gasteiger partial charge in [0.25, 0.3) is 0 Å². The van der Waals surface area contributed by atoms with Gasteiger partial charge in [-0.15, -0.1) is 0 Å². The third-order valence-electron chi connectivity index (χ3n) is 3.61. The molecule has 0 fully saturated rings. The van der Waals surface area contributed by atoms with Crippen LogP contribution in [0.15, 0.2) is 66.7 Å². The lowest BCUT2D eigenvalue weighted by atomic mass is 10.1. The van der Waals surface area contributed by atoms with Crippen LogP contribution in [-0.4, -0.2) is 0 Å². The molecule has 3 rings (SSSR count). The fraction of sp³-hybridized carbons (Fsp3) is 0.360. The molecule has 0 aliphatic heterocycles. The first-order chi connectivity index (χ1) is 12.6. The molecular weight excluding hydrogens is 314 g/mol. The smallest absolute Gasteiger partial charge is 0.0314 e. The van der Waals surface area contributed by atoms with Crippen molar-refractivity contribution in [3.63, 3.8) is 0 Å². The quantitative estimate of drug-likeness (QED) is 0.471. The summed E-state index contributed by atoms with van der Waals surface area (Å²) in [5.41, 5.74) is 9.07. The van der Waals surface area contributed by atoms with Crippen molar-refractivity contribution in [2.45, 2.75) is 60.8 Å². The minimum Gasteiger partial charge on any atom is -0.399 e. The molecule has 0 amide bonds. The van der Waals surface area contributed by atoms with Crippen molar-refractivity contribution in [1.29, 1.82) is 0 Å². The molecule has 0 unspecified atom stereocenters. The maximum Gasteiger partial charge on any atom is 0.0314 e. The average molecular weight is 352 g/mol. The maximum atomic E-state index is 5.48. The fourth-order valence-corrected chi connectivity index (χ4v) is 2.21. The Balaban J connectivity index is 0.000000397.